The van der Waals surface area contributed by atoms with Gasteiger partial charge in [0.2, 0.25) is 0 Å². The fraction of sp³-hybridized carbons (Fsp3) is 1.00. The zero-order valence-corrected chi connectivity index (χ0v) is 12.3. The van der Waals surface area contributed by atoms with Gasteiger partial charge >= 0.3 is 0 Å². The van der Waals surface area contributed by atoms with E-state index in [1.807, 2.05) is 0 Å². The molecule has 0 amide bonds. The minimum Gasteiger partial charge on any atom is -0.327 e. The number of hydrogen-bond donors (Lipinski definition) is 2. The van der Waals surface area contributed by atoms with Crippen LogP contribution in [0.1, 0.15) is 72.1 Å². The van der Waals surface area contributed by atoms with E-state index in [2.05, 4.69) is 26.1 Å². The number of unbranched alkanes of at least 4 members (excludes halogenated alkanes) is 4. The summed E-state index contributed by atoms with van der Waals surface area (Å²) in [6, 6.07) is 0.357. The van der Waals surface area contributed by atoms with Crippen LogP contribution in [0, 0.1) is 5.92 Å². The predicted octanol–water partition coefficient (Wildman–Crippen LogP) is 3.70. The molecule has 0 aliphatic carbocycles. The zero-order chi connectivity index (χ0) is 12.9. The maximum Gasteiger partial charge on any atom is 0.0165 e. The van der Waals surface area contributed by atoms with E-state index >= 15 is 0 Å². The Morgan fingerprint density at radius 3 is 2.29 bits per heavy atom. The van der Waals surface area contributed by atoms with E-state index < -0.39 is 0 Å². The lowest BCUT2D eigenvalue weighted by Gasteiger charge is -2.12. The molecule has 1 atom stereocenters. The molecule has 0 saturated carbocycles. The van der Waals surface area contributed by atoms with Crippen LogP contribution in [0.5, 0.6) is 0 Å². The Bertz CT molecular complexity index is 146. The van der Waals surface area contributed by atoms with Crippen LogP contribution >= 0.6 is 0 Å². The summed E-state index contributed by atoms with van der Waals surface area (Å²) in [5, 5.41) is 3.47. The van der Waals surface area contributed by atoms with Crippen molar-refractivity contribution in [3.8, 4) is 0 Å². The van der Waals surface area contributed by atoms with Crippen molar-refractivity contribution in [3.05, 3.63) is 0 Å². The third-order valence-electron chi connectivity index (χ3n) is 3.22. The van der Waals surface area contributed by atoms with Crippen molar-refractivity contribution in [3.63, 3.8) is 0 Å². The van der Waals surface area contributed by atoms with E-state index in [-0.39, 0.29) is 0 Å². The van der Waals surface area contributed by atoms with Gasteiger partial charge in [0.1, 0.15) is 0 Å². The van der Waals surface area contributed by atoms with Gasteiger partial charge in [0.05, 0.1) is 0 Å². The lowest BCUT2D eigenvalue weighted by molar-refractivity contribution is 0.493. The molecule has 0 bridgehead atoms. The smallest absolute Gasteiger partial charge is 0.0165 e. The Kier molecular flexibility index (Phi) is 12.3. The Labute approximate surface area is 109 Å². The molecule has 1 unspecified atom stereocenters. The van der Waals surface area contributed by atoms with Crippen LogP contribution in [0.3, 0.4) is 0 Å². The molecular formula is C15H34N2. The van der Waals surface area contributed by atoms with E-state index in [9.17, 15) is 0 Å². The largest absolute Gasteiger partial charge is 0.327 e. The first-order valence-electron chi connectivity index (χ1n) is 7.63. The molecule has 0 aromatic heterocycles. The van der Waals surface area contributed by atoms with Gasteiger partial charge < -0.3 is 11.1 Å². The van der Waals surface area contributed by atoms with Crippen molar-refractivity contribution >= 4 is 0 Å². The molecule has 0 aromatic carbocycles. The minimum absolute atomic E-state index is 0.357. The summed E-state index contributed by atoms with van der Waals surface area (Å²) in [5.74, 6) is 0.865. The summed E-state index contributed by atoms with van der Waals surface area (Å²) in [6.45, 7) is 8.96. The highest BCUT2D eigenvalue weighted by molar-refractivity contribution is 4.64. The third kappa shape index (κ3) is 13.9. The van der Waals surface area contributed by atoms with Gasteiger partial charge in [0.25, 0.3) is 0 Å². The van der Waals surface area contributed by atoms with Crippen LogP contribution < -0.4 is 11.1 Å². The molecule has 0 aromatic rings. The van der Waals surface area contributed by atoms with E-state index in [0.29, 0.717) is 6.04 Å². The van der Waals surface area contributed by atoms with Crippen molar-refractivity contribution in [2.75, 3.05) is 13.1 Å². The van der Waals surface area contributed by atoms with Crippen LogP contribution in [0.2, 0.25) is 0 Å². The Hall–Kier alpha value is -0.0800. The quantitative estimate of drug-likeness (QED) is 0.512. The summed E-state index contributed by atoms with van der Waals surface area (Å²) in [7, 11) is 0. The highest BCUT2D eigenvalue weighted by Gasteiger charge is 2.00. The summed E-state index contributed by atoms with van der Waals surface area (Å²) in [4.78, 5) is 0. The van der Waals surface area contributed by atoms with Crippen LogP contribution in [0.25, 0.3) is 0 Å². The minimum atomic E-state index is 0.357. The normalized spacial score (nSPS) is 13.2. The van der Waals surface area contributed by atoms with Gasteiger partial charge in [0, 0.05) is 12.6 Å². The van der Waals surface area contributed by atoms with Gasteiger partial charge in [-0.05, 0) is 25.3 Å². The highest BCUT2D eigenvalue weighted by atomic mass is 14.9. The number of nitrogens with one attached hydrogen (secondary N) is 1. The van der Waals surface area contributed by atoms with Crippen molar-refractivity contribution in [2.45, 2.75) is 78.2 Å². The fourth-order valence-electron chi connectivity index (χ4n) is 2.01. The van der Waals surface area contributed by atoms with Crippen LogP contribution in [-0.4, -0.2) is 19.1 Å². The van der Waals surface area contributed by atoms with Crippen LogP contribution in [0.4, 0.5) is 0 Å². The molecule has 0 fully saturated rings. The second-order valence-electron chi connectivity index (χ2n) is 5.70. The molecule has 0 spiro atoms. The first-order valence-corrected chi connectivity index (χ1v) is 7.63. The lowest BCUT2D eigenvalue weighted by atomic mass is 10.0. The maximum absolute atomic E-state index is 5.99. The molecule has 2 nitrogen and oxygen atoms in total. The second kappa shape index (κ2) is 12.4. The Morgan fingerprint density at radius 1 is 0.941 bits per heavy atom. The van der Waals surface area contributed by atoms with Crippen LogP contribution in [0.15, 0.2) is 0 Å². The Morgan fingerprint density at radius 2 is 1.65 bits per heavy atom. The summed E-state index contributed by atoms with van der Waals surface area (Å²) in [6.07, 6.45) is 10.5. The van der Waals surface area contributed by atoms with Gasteiger partial charge in [-0.25, -0.2) is 0 Å². The molecule has 0 radical (unpaired) electrons. The summed E-state index contributed by atoms with van der Waals surface area (Å²) >= 11 is 0. The first kappa shape index (κ1) is 16.9. The number of rotatable bonds is 12. The second-order valence-corrected chi connectivity index (χ2v) is 5.70. The number of nitrogens with two attached hydrogens (primary N) is 1. The van der Waals surface area contributed by atoms with E-state index in [1.165, 1.54) is 44.9 Å². The molecule has 3 N–H and O–H groups in total. The predicted molar refractivity (Wildman–Crippen MR) is 78.3 cm³/mol. The molecule has 0 aliphatic heterocycles. The summed E-state index contributed by atoms with van der Waals surface area (Å²) < 4.78 is 0. The van der Waals surface area contributed by atoms with E-state index in [1.54, 1.807) is 0 Å². The average molecular weight is 242 g/mol. The third-order valence-corrected chi connectivity index (χ3v) is 3.22. The van der Waals surface area contributed by atoms with Gasteiger partial charge in [-0.1, -0.05) is 59.3 Å². The molecule has 0 aliphatic rings. The molecule has 0 rings (SSSR count). The molecular weight excluding hydrogens is 208 g/mol. The van der Waals surface area contributed by atoms with Crippen molar-refractivity contribution in [1.82, 2.24) is 5.32 Å². The zero-order valence-electron chi connectivity index (χ0n) is 12.3. The SMILES string of the molecule is CCCCC(N)CNCCCCCCC(C)C. The molecule has 104 valence electrons. The maximum atomic E-state index is 5.99. The topological polar surface area (TPSA) is 38.0 Å². The molecule has 2 heteroatoms. The molecule has 0 heterocycles. The van der Waals surface area contributed by atoms with Crippen molar-refractivity contribution < 1.29 is 0 Å². The highest BCUT2D eigenvalue weighted by Crippen LogP contribution is 2.08. The fourth-order valence-corrected chi connectivity index (χ4v) is 2.01. The van der Waals surface area contributed by atoms with Gasteiger partial charge in [0.15, 0.2) is 0 Å². The average Bonchev–Trinajstić information content (AvgIpc) is 2.29. The lowest BCUT2D eigenvalue weighted by Crippen LogP contribution is -2.34. The van der Waals surface area contributed by atoms with Gasteiger partial charge in [-0.15, -0.1) is 0 Å². The van der Waals surface area contributed by atoms with Crippen LogP contribution in [-0.2, 0) is 0 Å². The molecule has 0 saturated heterocycles. The van der Waals surface area contributed by atoms with Gasteiger partial charge in [-0.2, -0.15) is 0 Å². The Balaban J connectivity index is 3.07. The van der Waals surface area contributed by atoms with Crippen molar-refractivity contribution in [1.29, 1.82) is 0 Å². The monoisotopic (exact) mass is 242 g/mol. The standard InChI is InChI=1S/C15H34N2/c1-4-5-11-15(16)13-17-12-9-7-6-8-10-14(2)3/h14-15,17H,4-13,16H2,1-3H3. The van der Waals surface area contributed by atoms with E-state index in [4.69, 9.17) is 5.73 Å². The number of hydrogen-bond acceptors (Lipinski definition) is 2. The van der Waals surface area contributed by atoms with Crippen molar-refractivity contribution in [2.24, 2.45) is 11.7 Å². The van der Waals surface area contributed by atoms with Gasteiger partial charge in [-0.3, -0.25) is 0 Å². The van der Waals surface area contributed by atoms with E-state index in [0.717, 1.165) is 25.4 Å². The molecule has 17 heavy (non-hydrogen) atoms. The summed E-state index contributed by atoms with van der Waals surface area (Å²) in [5.41, 5.74) is 5.99. The first-order chi connectivity index (χ1) is 8.16.